The first-order valence-electron chi connectivity index (χ1n) is 8.91. The average Bonchev–Trinajstić information content (AvgIpc) is 2.53. The van der Waals surface area contributed by atoms with Crippen molar-refractivity contribution in [1.29, 1.82) is 0 Å². The zero-order valence-corrected chi connectivity index (χ0v) is 16.0. The van der Waals surface area contributed by atoms with E-state index in [2.05, 4.69) is 45.8 Å². The fourth-order valence-corrected chi connectivity index (χ4v) is 3.15. The van der Waals surface area contributed by atoms with Gasteiger partial charge in [-0.05, 0) is 57.0 Å². The standard InChI is InChI=1S/C20H32N2O2/c1-15(19(23)22-12-10-17(11-13-22)21(5)6)24-18-9-7-8-16(14-18)20(2,3)4/h7-9,14-15,17H,10-13H2,1-6H3. The van der Waals surface area contributed by atoms with Crippen molar-refractivity contribution in [3.05, 3.63) is 29.8 Å². The predicted octanol–water partition coefficient (Wildman–Crippen LogP) is 3.30. The number of carbonyl (C=O) groups is 1. The summed E-state index contributed by atoms with van der Waals surface area (Å²) in [4.78, 5) is 16.8. The molecule has 0 radical (unpaired) electrons. The van der Waals surface area contributed by atoms with Crippen LogP contribution in [-0.2, 0) is 10.2 Å². The molecule has 2 rings (SSSR count). The van der Waals surface area contributed by atoms with E-state index in [9.17, 15) is 4.79 Å². The van der Waals surface area contributed by atoms with E-state index in [-0.39, 0.29) is 11.3 Å². The van der Waals surface area contributed by atoms with Crippen molar-refractivity contribution in [2.24, 2.45) is 0 Å². The average molecular weight is 332 g/mol. The van der Waals surface area contributed by atoms with Crippen LogP contribution in [-0.4, -0.2) is 55.0 Å². The van der Waals surface area contributed by atoms with E-state index in [1.807, 2.05) is 30.0 Å². The molecule has 134 valence electrons. The third kappa shape index (κ3) is 4.73. The number of nitrogens with zero attached hydrogens (tertiary/aromatic N) is 2. The first-order valence-corrected chi connectivity index (χ1v) is 8.91. The van der Waals surface area contributed by atoms with E-state index in [1.54, 1.807) is 0 Å². The molecule has 1 saturated heterocycles. The number of carbonyl (C=O) groups excluding carboxylic acids is 1. The Bertz CT molecular complexity index is 555. The van der Waals surface area contributed by atoms with E-state index in [0.717, 1.165) is 31.7 Å². The maximum absolute atomic E-state index is 12.6. The molecule has 0 N–H and O–H groups in total. The van der Waals surface area contributed by atoms with Gasteiger partial charge in [0.15, 0.2) is 6.10 Å². The fraction of sp³-hybridized carbons (Fsp3) is 0.650. The van der Waals surface area contributed by atoms with Crippen molar-refractivity contribution in [3.8, 4) is 5.75 Å². The molecule has 0 aromatic heterocycles. The van der Waals surface area contributed by atoms with E-state index in [4.69, 9.17) is 4.74 Å². The highest BCUT2D eigenvalue weighted by molar-refractivity contribution is 5.81. The van der Waals surface area contributed by atoms with E-state index in [0.29, 0.717) is 6.04 Å². The summed E-state index contributed by atoms with van der Waals surface area (Å²) in [5.41, 5.74) is 1.28. The lowest BCUT2D eigenvalue weighted by Gasteiger charge is -2.36. The second kappa shape index (κ2) is 7.56. The lowest BCUT2D eigenvalue weighted by Crippen LogP contribution is -2.48. The van der Waals surface area contributed by atoms with Gasteiger partial charge in [-0.2, -0.15) is 0 Å². The van der Waals surface area contributed by atoms with E-state index >= 15 is 0 Å². The Morgan fingerprint density at radius 3 is 2.42 bits per heavy atom. The lowest BCUT2D eigenvalue weighted by molar-refractivity contribution is -0.139. The second-order valence-corrected chi connectivity index (χ2v) is 8.06. The molecule has 1 aromatic rings. The smallest absolute Gasteiger partial charge is 0.263 e. The van der Waals surface area contributed by atoms with Crippen LogP contribution in [0.3, 0.4) is 0 Å². The molecule has 4 heteroatoms. The maximum atomic E-state index is 12.6. The monoisotopic (exact) mass is 332 g/mol. The molecule has 0 spiro atoms. The first-order chi connectivity index (χ1) is 11.2. The van der Waals surface area contributed by atoms with Crippen molar-refractivity contribution in [1.82, 2.24) is 9.80 Å². The van der Waals surface area contributed by atoms with Gasteiger partial charge in [-0.25, -0.2) is 0 Å². The third-order valence-electron chi connectivity index (χ3n) is 4.87. The second-order valence-electron chi connectivity index (χ2n) is 8.06. The molecule has 0 saturated carbocycles. The third-order valence-corrected chi connectivity index (χ3v) is 4.87. The van der Waals surface area contributed by atoms with Crippen LogP contribution in [0.5, 0.6) is 5.75 Å². The number of piperidine rings is 1. The molecule has 4 nitrogen and oxygen atoms in total. The number of ether oxygens (including phenoxy) is 1. The van der Waals surface area contributed by atoms with Gasteiger partial charge in [-0.1, -0.05) is 32.9 Å². The van der Waals surface area contributed by atoms with Crippen LogP contribution in [0.2, 0.25) is 0 Å². The quantitative estimate of drug-likeness (QED) is 0.848. The maximum Gasteiger partial charge on any atom is 0.263 e. The van der Waals surface area contributed by atoms with Crippen LogP contribution in [0.4, 0.5) is 0 Å². The predicted molar refractivity (Wildman–Crippen MR) is 98.5 cm³/mol. The van der Waals surface area contributed by atoms with Crippen molar-refractivity contribution >= 4 is 5.91 Å². The summed E-state index contributed by atoms with van der Waals surface area (Å²) in [7, 11) is 4.21. The highest BCUT2D eigenvalue weighted by Crippen LogP contribution is 2.26. The van der Waals surface area contributed by atoms with Crippen LogP contribution >= 0.6 is 0 Å². The van der Waals surface area contributed by atoms with Crippen molar-refractivity contribution in [3.63, 3.8) is 0 Å². The van der Waals surface area contributed by atoms with Gasteiger partial charge in [0, 0.05) is 19.1 Å². The van der Waals surface area contributed by atoms with Gasteiger partial charge < -0.3 is 14.5 Å². The Kier molecular flexibility index (Phi) is 5.92. The van der Waals surface area contributed by atoms with Gasteiger partial charge in [-0.15, -0.1) is 0 Å². The summed E-state index contributed by atoms with van der Waals surface area (Å²) in [5, 5.41) is 0. The topological polar surface area (TPSA) is 32.8 Å². The Hall–Kier alpha value is -1.55. The number of likely N-dealkylation sites (tertiary alicyclic amines) is 1. The zero-order chi connectivity index (χ0) is 17.9. The summed E-state index contributed by atoms with van der Waals surface area (Å²) in [6, 6.07) is 8.65. The van der Waals surface area contributed by atoms with E-state index < -0.39 is 6.10 Å². The Morgan fingerprint density at radius 1 is 1.25 bits per heavy atom. The highest BCUT2D eigenvalue weighted by atomic mass is 16.5. The Labute approximate surface area is 146 Å². The van der Waals surface area contributed by atoms with Crippen LogP contribution in [0.25, 0.3) is 0 Å². The summed E-state index contributed by atoms with van der Waals surface area (Å²) in [5.74, 6) is 0.861. The molecule has 1 aliphatic heterocycles. The van der Waals surface area contributed by atoms with E-state index in [1.165, 1.54) is 5.56 Å². The largest absolute Gasteiger partial charge is 0.481 e. The minimum Gasteiger partial charge on any atom is -0.481 e. The molecule has 1 unspecified atom stereocenters. The highest BCUT2D eigenvalue weighted by Gasteiger charge is 2.27. The molecular weight excluding hydrogens is 300 g/mol. The Morgan fingerprint density at radius 2 is 1.88 bits per heavy atom. The first kappa shape index (κ1) is 18.8. The fourth-order valence-electron chi connectivity index (χ4n) is 3.15. The molecule has 1 heterocycles. The number of amides is 1. The van der Waals surface area contributed by atoms with Gasteiger partial charge >= 0.3 is 0 Å². The number of hydrogen-bond donors (Lipinski definition) is 0. The van der Waals surface area contributed by atoms with Gasteiger partial charge in [0.1, 0.15) is 5.75 Å². The molecule has 0 bridgehead atoms. The van der Waals surface area contributed by atoms with Gasteiger partial charge in [0.2, 0.25) is 0 Å². The molecule has 1 amide bonds. The lowest BCUT2D eigenvalue weighted by atomic mass is 9.87. The molecular formula is C20H32N2O2. The number of hydrogen-bond acceptors (Lipinski definition) is 3. The van der Waals surface area contributed by atoms with Crippen LogP contribution in [0.1, 0.15) is 46.1 Å². The summed E-state index contributed by atoms with van der Waals surface area (Å²) >= 11 is 0. The molecule has 1 aromatic carbocycles. The van der Waals surface area contributed by atoms with Gasteiger partial charge in [0.05, 0.1) is 0 Å². The molecule has 1 fully saturated rings. The SMILES string of the molecule is CC(Oc1cccc(C(C)(C)C)c1)C(=O)N1CCC(N(C)C)CC1. The molecule has 0 aliphatic carbocycles. The van der Waals surface area contributed by atoms with Crippen LogP contribution in [0.15, 0.2) is 24.3 Å². The summed E-state index contributed by atoms with van der Waals surface area (Å²) in [6.45, 7) is 10.0. The number of benzene rings is 1. The van der Waals surface area contributed by atoms with Crippen LogP contribution in [0, 0.1) is 0 Å². The summed E-state index contributed by atoms with van der Waals surface area (Å²) in [6.07, 6.45) is 1.62. The molecule has 1 atom stereocenters. The van der Waals surface area contributed by atoms with Gasteiger partial charge in [-0.3, -0.25) is 4.79 Å². The van der Waals surface area contributed by atoms with Crippen molar-refractivity contribution < 1.29 is 9.53 Å². The van der Waals surface area contributed by atoms with Crippen molar-refractivity contribution in [2.75, 3.05) is 27.2 Å². The van der Waals surface area contributed by atoms with Gasteiger partial charge in [0.25, 0.3) is 5.91 Å². The molecule has 24 heavy (non-hydrogen) atoms. The van der Waals surface area contributed by atoms with Crippen molar-refractivity contribution in [2.45, 2.75) is 58.1 Å². The zero-order valence-electron chi connectivity index (χ0n) is 16.0. The normalized spacial score (nSPS) is 17.9. The minimum atomic E-state index is -0.448. The number of rotatable bonds is 4. The van der Waals surface area contributed by atoms with Crippen LogP contribution < -0.4 is 4.74 Å². The Balaban J connectivity index is 1.95. The minimum absolute atomic E-state index is 0.0701. The molecule has 1 aliphatic rings. The summed E-state index contributed by atoms with van der Waals surface area (Å²) < 4.78 is 5.94.